The predicted octanol–water partition coefficient (Wildman–Crippen LogP) is 4.17. The first-order valence-corrected chi connectivity index (χ1v) is 8.17. The van der Waals surface area contributed by atoms with Crippen LogP contribution in [0.2, 0.25) is 0 Å². The van der Waals surface area contributed by atoms with Gasteiger partial charge in [-0.25, -0.2) is 18.7 Å². The largest absolute Gasteiger partial charge is 0.429 e. The lowest BCUT2D eigenvalue weighted by atomic mass is 10.1. The molecule has 1 atom stereocenters. The van der Waals surface area contributed by atoms with Crippen molar-refractivity contribution in [1.29, 1.82) is 0 Å². The second kappa shape index (κ2) is 8.66. The predicted molar refractivity (Wildman–Crippen MR) is 93.9 cm³/mol. The highest BCUT2D eigenvalue weighted by atomic mass is 19.3. The number of aromatic nitrogens is 2. The van der Waals surface area contributed by atoms with Crippen molar-refractivity contribution in [2.45, 2.75) is 12.7 Å². The van der Waals surface area contributed by atoms with Crippen LogP contribution in [0.1, 0.15) is 11.7 Å². The zero-order valence-electron chi connectivity index (χ0n) is 14.3. The van der Waals surface area contributed by atoms with Crippen LogP contribution in [0.15, 0.2) is 54.9 Å². The number of benzene rings is 2. The number of nitrogens with zero attached hydrogens (tertiary/aromatic N) is 2. The van der Waals surface area contributed by atoms with Gasteiger partial charge < -0.3 is 15.2 Å². The first kappa shape index (κ1) is 19.6. The van der Waals surface area contributed by atoms with E-state index in [0.717, 1.165) is 12.1 Å². The molecule has 0 spiro atoms. The first-order valence-electron chi connectivity index (χ1n) is 8.17. The van der Waals surface area contributed by atoms with Crippen LogP contribution in [0.5, 0.6) is 5.75 Å². The maximum atomic E-state index is 13.9. The van der Waals surface area contributed by atoms with E-state index in [-0.39, 0.29) is 17.8 Å². The molecule has 1 heterocycles. The fraction of sp³-hybridized carbons (Fsp3) is 0.158. The SMILES string of the molecule is OC(CNc1cc(-c2cc(F)c(OC(F)F)c(F)c2)ncn1)c1ccccc1. The molecule has 2 aromatic carbocycles. The second-order valence-electron chi connectivity index (χ2n) is 5.74. The Morgan fingerprint density at radius 3 is 2.32 bits per heavy atom. The number of nitrogens with one attached hydrogen (secondary N) is 1. The third kappa shape index (κ3) is 4.74. The van der Waals surface area contributed by atoms with Gasteiger partial charge in [-0.15, -0.1) is 0 Å². The van der Waals surface area contributed by atoms with Gasteiger partial charge in [0, 0.05) is 18.2 Å². The van der Waals surface area contributed by atoms with Gasteiger partial charge in [0.2, 0.25) is 0 Å². The highest BCUT2D eigenvalue weighted by Crippen LogP contribution is 2.29. The van der Waals surface area contributed by atoms with E-state index < -0.39 is 30.1 Å². The van der Waals surface area contributed by atoms with E-state index in [1.807, 2.05) is 6.07 Å². The Morgan fingerprint density at radius 1 is 1.00 bits per heavy atom. The molecular formula is C19H15F4N3O2. The summed E-state index contributed by atoms with van der Waals surface area (Å²) >= 11 is 0. The average molecular weight is 393 g/mol. The number of hydrogen-bond donors (Lipinski definition) is 2. The molecule has 0 saturated carbocycles. The molecule has 9 heteroatoms. The number of halogens is 4. The smallest absolute Gasteiger partial charge is 0.387 e. The first-order chi connectivity index (χ1) is 13.4. The Labute approximate surface area is 157 Å². The van der Waals surface area contributed by atoms with E-state index in [2.05, 4.69) is 20.0 Å². The summed E-state index contributed by atoms with van der Waals surface area (Å²) in [5, 5.41) is 13.1. The number of anilines is 1. The Bertz CT molecular complexity index is 918. The zero-order valence-corrected chi connectivity index (χ0v) is 14.3. The minimum Gasteiger partial charge on any atom is -0.429 e. The highest BCUT2D eigenvalue weighted by molar-refractivity contribution is 5.63. The quantitative estimate of drug-likeness (QED) is 0.590. The lowest BCUT2D eigenvalue weighted by Crippen LogP contribution is -2.13. The highest BCUT2D eigenvalue weighted by Gasteiger charge is 2.18. The maximum absolute atomic E-state index is 13.9. The Balaban J connectivity index is 1.76. The van der Waals surface area contributed by atoms with Gasteiger partial charge in [0.25, 0.3) is 0 Å². The normalized spacial score (nSPS) is 12.1. The van der Waals surface area contributed by atoms with Crippen LogP contribution in [0, 0.1) is 11.6 Å². The summed E-state index contributed by atoms with van der Waals surface area (Å²) in [6.07, 6.45) is 0.381. The van der Waals surface area contributed by atoms with Gasteiger partial charge in [-0.3, -0.25) is 0 Å². The van der Waals surface area contributed by atoms with E-state index in [1.165, 1.54) is 12.4 Å². The molecule has 0 saturated heterocycles. The molecule has 0 fully saturated rings. The van der Waals surface area contributed by atoms with Crippen LogP contribution in [0.3, 0.4) is 0 Å². The van der Waals surface area contributed by atoms with E-state index in [1.54, 1.807) is 24.3 Å². The summed E-state index contributed by atoms with van der Waals surface area (Å²) in [7, 11) is 0. The number of ether oxygens (including phenoxy) is 1. The lowest BCUT2D eigenvalue weighted by Gasteiger charge is -2.13. The summed E-state index contributed by atoms with van der Waals surface area (Å²) in [5.41, 5.74) is 0.891. The summed E-state index contributed by atoms with van der Waals surface area (Å²) in [5.74, 6) is -3.39. The molecule has 0 aliphatic heterocycles. The third-order valence-electron chi connectivity index (χ3n) is 3.83. The van der Waals surface area contributed by atoms with Crippen molar-refractivity contribution in [2.24, 2.45) is 0 Å². The fourth-order valence-electron chi connectivity index (χ4n) is 2.52. The van der Waals surface area contributed by atoms with Crippen LogP contribution in [-0.2, 0) is 0 Å². The van der Waals surface area contributed by atoms with Gasteiger partial charge >= 0.3 is 6.61 Å². The van der Waals surface area contributed by atoms with Gasteiger partial charge in [-0.1, -0.05) is 30.3 Å². The molecule has 0 bridgehead atoms. The van der Waals surface area contributed by atoms with Crippen LogP contribution < -0.4 is 10.1 Å². The Kier molecular flexibility index (Phi) is 6.05. The van der Waals surface area contributed by atoms with Gasteiger partial charge in [0.05, 0.1) is 11.8 Å². The molecule has 0 aliphatic carbocycles. The summed E-state index contributed by atoms with van der Waals surface area (Å²) in [4.78, 5) is 7.92. The van der Waals surface area contributed by atoms with Gasteiger partial charge in [0.1, 0.15) is 12.1 Å². The topological polar surface area (TPSA) is 67.3 Å². The van der Waals surface area contributed by atoms with Crippen LogP contribution in [-0.4, -0.2) is 28.2 Å². The van der Waals surface area contributed by atoms with Crippen molar-refractivity contribution in [3.63, 3.8) is 0 Å². The maximum Gasteiger partial charge on any atom is 0.387 e. The summed E-state index contributed by atoms with van der Waals surface area (Å²) < 4.78 is 56.1. The minimum atomic E-state index is -3.35. The van der Waals surface area contributed by atoms with E-state index in [0.29, 0.717) is 11.4 Å². The number of hydrogen-bond acceptors (Lipinski definition) is 5. The number of alkyl halides is 2. The molecule has 2 N–H and O–H groups in total. The van der Waals surface area contributed by atoms with E-state index >= 15 is 0 Å². The molecule has 1 unspecified atom stereocenters. The van der Waals surface area contributed by atoms with Crippen molar-refractivity contribution < 1.29 is 27.4 Å². The van der Waals surface area contributed by atoms with Crippen molar-refractivity contribution in [3.8, 4) is 17.0 Å². The molecule has 146 valence electrons. The molecule has 3 aromatic rings. The Morgan fingerprint density at radius 2 is 1.68 bits per heavy atom. The molecule has 1 aromatic heterocycles. The zero-order chi connectivity index (χ0) is 20.1. The fourth-order valence-corrected chi connectivity index (χ4v) is 2.52. The van der Waals surface area contributed by atoms with Gasteiger partial charge in [0.15, 0.2) is 17.4 Å². The number of rotatable bonds is 7. The summed E-state index contributed by atoms with van der Waals surface area (Å²) in [6.45, 7) is -3.20. The molecule has 28 heavy (non-hydrogen) atoms. The van der Waals surface area contributed by atoms with Crippen molar-refractivity contribution >= 4 is 5.82 Å². The minimum absolute atomic E-state index is 0.0191. The van der Waals surface area contributed by atoms with Crippen molar-refractivity contribution in [3.05, 3.63) is 72.1 Å². The van der Waals surface area contributed by atoms with Crippen LogP contribution in [0.25, 0.3) is 11.3 Å². The molecule has 3 rings (SSSR count). The van der Waals surface area contributed by atoms with E-state index in [9.17, 15) is 22.7 Å². The second-order valence-corrected chi connectivity index (χ2v) is 5.74. The lowest BCUT2D eigenvalue weighted by molar-refractivity contribution is -0.0546. The van der Waals surface area contributed by atoms with Gasteiger partial charge in [-0.2, -0.15) is 8.78 Å². The van der Waals surface area contributed by atoms with Crippen LogP contribution >= 0.6 is 0 Å². The summed E-state index contributed by atoms with van der Waals surface area (Å²) in [6, 6.07) is 12.1. The third-order valence-corrected chi connectivity index (χ3v) is 3.83. The monoisotopic (exact) mass is 393 g/mol. The molecule has 0 aliphatic rings. The number of aliphatic hydroxyl groups excluding tert-OH is 1. The average Bonchev–Trinajstić information content (AvgIpc) is 2.69. The number of aliphatic hydroxyl groups is 1. The van der Waals surface area contributed by atoms with Crippen LogP contribution in [0.4, 0.5) is 23.4 Å². The van der Waals surface area contributed by atoms with Gasteiger partial charge in [-0.05, 0) is 17.7 Å². The standard InChI is InChI=1S/C19H15F4N3O2/c20-13-6-12(7-14(21)18(13)28-19(22)23)15-8-17(26-10-25-15)24-9-16(27)11-4-2-1-3-5-11/h1-8,10,16,19,27H,9H2,(H,24,25,26). The van der Waals surface area contributed by atoms with Crippen molar-refractivity contribution in [2.75, 3.05) is 11.9 Å². The molecular weight excluding hydrogens is 378 g/mol. The molecule has 0 radical (unpaired) electrons. The molecule has 0 amide bonds. The van der Waals surface area contributed by atoms with Crippen molar-refractivity contribution in [1.82, 2.24) is 9.97 Å². The Hall–Kier alpha value is -3.20. The van der Waals surface area contributed by atoms with E-state index in [4.69, 9.17) is 0 Å². The molecule has 5 nitrogen and oxygen atoms in total.